The zero-order valence-corrected chi connectivity index (χ0v) is 14.0. The van der Waals surface area contributed by atoms with Crippen LogP contribution in [0.25, 0.3) is 11.5 Å². The van der Waals surface area contributed by atoms with Gasteiger partial charge < -0.3 is 14.4 Å². The van der Waals surface area contributed by atoms with Crippen molar-refractivity contribution in [3.05, 3.63) is 52.8 Å². The Balaban J connectivity index is 1.37. The van der Waals surface area contributed by atoms with Gasteiger partial charge in [-0.25, -0.2) is 18.7 Å². The van der Waals surface area contributed by atoms with Crippen LogP contribution in [0.1, 0.15) is 24.3 Å². The molecule has 0 spiro atoms. The standard InChI is InChI=1S/C17H12ClF2N3O3/c18-17-11(19)3-9(4-12(17)20)8-1-10(2-8)25-16-7-21-13(6-22-16)14-5-15(24)23-26-14/h3-8,10H,1-2H2,(H,23,24)/t8-,10+. The van der Waals surface area contributed by atoms with Gasteiger partial charge in [0.05, 0.1) is 18.5 Å². The smallest absolute Gasteiger partial charge is 0.252 e. The number of nitrogens with zero attached hydrogens (tertiary/aromatic N) is 3. The van der Waals surface area contributed by atoms with Crippen molar-refractivity contribution in [3.63, 3.8) is 0 Å². The van der Waals surface area contributed by atoms with Crippen molar-refractivity contribution < 1.29 is 23.1 Å². The SMILES string of the molecule is Oc1cc(-c2cnc(O[C@H]3C[C@@H](c4cc(F)c(Cl)c(F)c4)C3)cn2)on1. The molecule has 1 fully saturated rings. The Morgan fingerprint density at radius 2 is 1.85 bits per heavy atom. The van der Waals surface area contributed by atoms with Gasteiger partial charge in [-0.15, -0.1) is 0 Å². The highest BCUT2D eigenvalue weighted by Gasteiger charge is 2.33. The molecule has 0 saturated heterocycles. The molecule has 0 unspecified atom stereocenters. The summed E-state index contributed by atoms with van der Waals surface area (Å²) in [5.74, 6) is -1.13. The molecule has 2 aromatic heterocycles. The largest absolute Gasteiger partial charge is 0.491 e. The second-order valence-electron chi connectivity index (χ2n) is 6.00. The molecule has 3 aromatic rings. The Morgan fingerprint density at radius 3 is 2.42 bits per heavy atom. The van der Waals surface area contributed by atoms with Crippen LogP contribution in [0.15, 0.2) is 35.1 Å². The van der Waals surface area contributed by atoms with E-state index in [2.05, 4.69) is 15.1 Å². The first-order valence-corrected chi connectivity index (χ1v) is 8.16. The minimum atomic E-state index is -0.758. The predicted octanol–water partition coefficient (Wildman–Crippen LogP) is 4.09. The molecule has 134 valence electrons. The topological polar surface area (TPSA) is 81.3 Å². The Bertz CT molecular complexity index is 920. The van der Waals surface area contributed by atoms with Crippen molar-refractivity contribution in [3.8, 4) is 23.2 Å². The van der Waals surface area contributed by atoms with Crippen LogP contribution in [0.2, 0.25) is 5.02 Å². The summed E-state index contributed by atoms with van der Waals surface area (Å²) in [5.41, 5.74) is 0.972. The summed E-state index contributed by atoms with van der Waals surface area (Å²) in [7, 11) is 0. The highest BCUT2D eigenvalue weighted by atomic mass is 35.5. The summed E-state index contributed by atoms with van der Waals surface area (Å²) >= 11 is 5.50. The van der Waals surface area contributed by atoms with Gasteiger partial charge in [-0.05, 0) is 41.6 Å². The molecule has 1 aliphatic carbocycles. The molecule has 1 N–H and O–H groups in total. The van der Waals surface area contributed by atoms with Crippen molar-refractivity contribution in [2.75, 3.05) is 0 Å². The van der Waals surface area contributed by atoms with Gasteiger partial charge >= 0.3 is 0 Å². The van der Waals surface area contributed by atoms with Gasteiger partial charge in [0.1, 0.15) is 28.5 Å². The van der Waals surface area contributed by atoms with Gasteiger partial charge in [0.2, 0.25) is 5.88 Å². The molecular weight excluding hydrogens is 368 g/mol. The molecule has 1 aliphatic rings. The van der Waals surface area contributed by atoms with E-state index in [9.17, 15) is 8.78 Å². The number of halogens is 3. The lowest BCUT2D eigenvalue weighted by Crippen LogP contribution is -2.32. The third-order valence-electron chi connectivity index (χ3n) is 4.24. The van der Waals surface area contributed by atoms with Crippen molar-refractivity contribution >= 4 is 11.6 Å². The molecule has 9 heteroatoms. The number of ether oxygens (including phenoxy) is 1. The zero-order valence-electron chi connectivity index (χ0n) is 13.2. The molecule has 0 atom stereocenters. The van der Waals surface area contributed by atoms with Crippen LogP contribution in [0.3, 0.4) is 0 Å². The van der Waals surface area contributed by atoms with Crippen molar-refractivity contribution in [2.24, 2.45) is 0 Å². The summed E-state index contributed by atoms with van der Waals surface area (Å²) in [6, 6.07) is 3.84. The Kier molecular flexibility index (Phi) is 4.20. The maximum atomic E-state index is 13.5. The van der Waals surface area contributed by atoms with Crippen LogP contribution >= 0.6 is 11.6 Å². The molecular formula is C17H12ClF2N3O3. The van der Waals surface area contributed by atoms with Crippen LogP contribution in [0.5, 0.6) is 11.8 Å². The van der Waals surface area contributed by atoms with Gasteiger partial charge in [0.25, 0.3) is 5.88 Å². The van der Waals surface area contributed by atoms with Gasteiger partial charge in [0.15, 0.2) is 5.76 Å². The molecule has 4 rings (SSSR count). The van der Waals surface area contributed by atoms with E-state index in [1.54, 1.807) is 0 Å². The van der Waals surface area contributed by atoms with Crippen molar-refractivity contribution in [1.82, 2.24) is 15.1 Å². The number of aromatic nitrogens is 3. The minimum absolute atomic E-state index is 0.00525. The second kappa shape index (κ2) is 6.53. The average Bonchev–Trinajstić information content (AvgIpc) is 3.02. The van der Waals surface area contributed by atoms with E-state index in [1.165, 1.54) is 30.6 Å². The van der Waals surface area contributed by atoms with Crippen LogP contribution in [0, 0.1) is 11.6 Å². The van der Waals surface area contributed by atoms with E-state index in [0.717, 1.165) is 0 Å². The second-order valence-corrected chi connectivity index (χ2v) is 6.37. The predicted molar refractivity (Wildman–Crippen MR) is 87.0 cm³/mol. The fourth-order valence-electron chi connectivity index (χ4n) is 2.81. The average molecular weight is 380 g/mol. The molecule has 0 amide bonds. The first-order valence-electron chi connectivity index (χ1n) is 7.79. The van der Waals surface area contributed by atoms with Crippen LogP contribution in [-0.2, 0) is 0 Å². The summed E-state index contributed by atoms with van der Waals surface area (Å²) < 4.78 is 37.6. The molecule has 0 aliphatic heterocycles. The maximum Gasteiger partial charge on any atom is 0.252 e. The van der Waals surface area contributed by atoms with E-state index in [4.69, 9.17) is 26.0 Å². The maximum absolute atomic E-state index is 13.5. The summed E-state index contributed by atoms with van der Waals surface area (Å²) in [4.78, 5) is 8.27. The van der Waals surface area contributed by atoms with Crippen LogP contribution in [0.4, 0.5) is 8.78 Å². The number of aromatic hydroxyl groups is 1. The Labute approximate surface area is 151 Å². The quantitative estimate of drug-likeness (QED) is 0.687. The number of rotatable bonds is 4. The number of benzene rings is 1. The Hall–Kier alpha value is -2.74. The number of hydrogen-bond acceptors (Lipinski definition) is 6. The van der Waals surface area contributed by atoms with Gasteiger partial charge in [-0.1, -0.05) is 11.6 Å². The lowest BCUT2D eigenvalue weighted by atomic mass is 9.77. The zero-order chi connectivity index (χ0) is 18.3. The minimum Gasteiger partial charge on any atom is -0.491 e. The molecule has 1 saturated carbocycles. The fourth-order valence-corrected chi connectivity index (χ4v) is 2.92. The van der Waals surface area contributed by atoms with E-state index < -0.39 is 16.7 Å². The van der Waals surface area contributed by atoms with Crippen molar-refractivity contribution in [1.29, 1.82) is 0 Å². The van der Waals surface area contributed by atoms with E-state index in [0.29, 0.717) is 30.0 Å². The highest BCUT2D eigenvalue weighted by molar-refractivity contribution is 6.30. The number of hydrogen-bond donors (Lipinski definition) is 1. The first-order chi connectivity index (χ1) is 12.5. The van der Waals surface area contributed by atoms with Crippen LogP contribution in [-0.4, -0.2) is 26.3 Å². The fraction of sp³-hybridized carbons (Fsp3) is 0.235. The molecule has 6 nitrogen and oxygen atoms in total. The van der Waals surface area contributed by atoms with Crippen molar-refractivity contribution in [2.45, 2.75) is 24.9 Å². The molecule has 2 heterocycles. The van der Waals surface area contributed by atoms with E-state index in [-0.39, 0.29) is 23.7 Å². The van der Waals surface area contributed by atoms with Gasteiger partial charge in [-0.2, -0.15) is 0 Å². The lowest BCUT2D eigenvalue weighted by Gasteiger charge is -2.35. The summed E-state index contributed by atoms with van der Waals surface area (Å²) in [6.07, 6.45) is 3.98. The summed E-state index contributed by atoms with van der Waals surface area (Å²) in [6.45, 7) is 0. The molecule has 0 radical (unpaired) electrons. The van der Waals surface area contributed by atoms with E-state index in [1.807, 2.05) is 0 Å². The van der Waals surface area contributed by atoms with E-state index >= 15 is 0 Å². The molecule has 26 heavy (non-hydrogen) atoms. The Morgan fingerprint density at radius 1 is 1.12 bits per heavy atom. The monoisotopic (exact) mass is 379 g/mol. The lowest BCUT2D eigenvalue weighted by molar-refractivity contribution is 0.0929. The normalized spacial score (nSPS) is 19.2. The van der Waals surface area contributed by atoms with Gasteiger partial charge in [0, 0.05) is 0 Å². The van der Waals surface area contributed by atoms with Crippen LogP contribution < -0.4 is 4.74 Å². The third-order valence-corrected chi connectivity index (χ3v) is 4.60. The molecule has 1 aromatic carbocycles. The first kappa shape index (κ1) is 16.7. The summed E-state index contributed by atoms with van der Waals surface area (Å²) in [5, 5.41) is 12.0. The van der Waals surface area contributed by atoms with Gasteiger partial charge in [-0.3, -0.25) is 0 Å². The third kappa shape index (κ3) is 3.20. The highest BCUT2D eigenvalue weighted by Crippen LogP contribution is 2.40. The molecule has 0 bridgehead atoms.